The molecule has 2 aromatic rings. The normalized spacial score (nSPS) is 16.5. The maximum absolute atomic E-state index is 13.4. The largest absolute Gasteiger partial charge is 0.496 e. The number of rotatable bonds is 4. The van der Waals surface area contributed by atoms with Crippen molar-refractivity contribution in [1.29, 1.82) is 0 Å². The quantitative estimate of drug-likeness (QED) is 0.802. The van der Waals surface area contributed by atoms with Crippen molar-refractivity contribution in [3.05, 3.63) is 42.0 Å². The van der Waals surface area contributed by atoms with Crippen molar-refractivity contribution in [3.8, 4) is 17.2 Å². The van der Waals surface area contributed by atoms with Crippen LogP contribution >= 0.6 is 11.8 Å². The minimum absolute atomic E-state index is 0.107. The first-order valence-electron chi connectivity index (χ1n) is 8.46. The van der Waals surface area contributed by atoms with E-state index in [0.717, 1.165) is 17.0 Å². The fourth-order valence-corrected chi connectivity index (χ4v) is 4.15. The summed E-state index contributed by atoms with van der Waals surface area (Å²) in [5.41, 5.74) is 1.39. The standard InChI is InChI=1S/C20H23NO4S/c1-13-9-10-21(15-7-5-6-8-19(15)26-13)20(22)14-11-17(24-3)18(25-4)12-16(14)23-2/h5-8,11-13H,9-10H2,1-4H3/t13-/m1/s1. The zero-order chi connectivity index (χ0) is 18.7. The van der Waals surface area contributed by atoms with Gasteiger partial charge in [0.1, 0.15) is 5.75 Å². The lowest BCUT2D eigenvalue weighted by Crippen LogP contribution is -2.32. The highest BCUT2D eigenvalue weighted by Crippen LogP contribution is 2.40. The summed E-state index contributed by atoms with van der Waals surface area (Å²) >= 11 is 1.80. The first kappa shape index (κ1) is 18.5. The number of carbonyl (C=O) groups excluding carboxylic acids is 1. The Bertz CT molecular complexity index is 808. The lowest BCUT2D eigenvalue weighted by atomic mass is 10.1. The van der Waals surface area contributed by atoms with Crippen molar-refractivity contribution in [3.63, 3.8) is 0 Å². The predicted octanol–water partition coefficient (Wildman–Crippen LogP) is 4.24. The lowest BCUT2D eigenvalue weighted by Gasteiger charge is -2.24. The molecular formula is C20H23NO4S. The van der Waals surface area contributed by atoms with Gasteiger partial charge in [-0.3, -0.25) is 4.79 Å². The number of amides is 1. The molecule has 1 amide bonds. The lowest BCUT2D eigenvalue weighted by molar-refractivity contribution is 0.0983. The third-order valence-corrected chi connectivity index (χ3v) is 5.66. The van der Waals surface area contributed by atoms with Gasteiger partial charge in [-0.25, -0.2) is 0 Å². The second kappa shape index (κ2) is 7.91. The van der Waals surface area contributed by atoms with Gasteiger partial charge in [0, 0.05) is 28.8 Å². The van der Waals surface area contributed by atoms with Gasteiger partial charge < -0.3 is 19.1 Å². The molecular weight excluding hydrogens is 350 g/mol. The monoisotopic (exact) mass is 373 g/mol. The van der Waals surface area contributed by atoms with Crippen LogP contribution < -0.4 is 19.1 Å². The van der Waals surface area contributed by atoms with E-state index in [1.165, 1.54) is 0 Å². The summed E-state index contributed by atoms with van der Waals surface area (Å²) in [7, 11) is 4.66. The second-order valence-electron chi connectivity index (χ2n) is 6.05. The van der Waals surface area contributed by atoms with Gasteiger partial charge in [0.05, 0.1) is 32.6 Å². The minimum Gasteiger partial charge on any atom is -0.496 e. The van der Waals surface area contributed by atoms with Crippen molar-refractivity contribution in [2.75, 3.05) is 32.8 Å². The van der Waals surface area contributed by atoms with E-state index >= 15 is 0 Å². The third-order valence-electron chi connectivity index (χ3n) is 4.42. The van der Waals surface area contributed by atoms with Gasteiger partial charge in [0.2, 0.25) is 0 Å². The predicted molar refractivity (Wildman–Crippen MR) is 104 cm³/mol. The van der Waals surface area contributed by atoms with Gasteiger partial charge in [-0.05, 0) is 18.6 Å². The van der Waals surface area contributed by atoms with E-state index in [0.29, 0.717) is 34.6 Å². The summed E-state index contributed by atoms with van der Waals surface area (Å²) in [6, 6.07) is 11.4. The Morgan fingerprint density at radius 1 is 1.04 bits per heavy atom. The summed E-state index contributed by atoms with van der Waals surface area (Å²) in [6.07, 6.45) is 0.917. The van der Waals surface area contributed by atoms with Gasteiger partial charge in [-0.2, -0.15) is 0 Å². The summed E-state index contributed by atoms with van der Waals surface area (Å²) in [5, 5.41) is 0.446. The summed E-state index contributed by atoms with van der Waals surface area (Å²) in [4.78, 5) is 16.4. The number of carbonyl (C=O) groups is 1. The number of anilines is 1. The molecule has 2 aromatic carbocycles. The summed E-state index contributed by atoms with van der Waals surface area (Å²) in [6.45, 7) is 2.84. The summed E-state index contributed by atoms with van der Waals surface area (Å²) in [5.74, 6) is 1.39. The van der Waals surface area contributed by atoms with Crippen LogP contribution in [-0.2, 0) is 0 Å². The van der Waals surface area contributed by atoms with Gasteiger partial charge in [0.15, 0.2) is 11.5 Å². The number of methoxy groups -OCH3 is 3. The van der Waals surface area contributed by atoms with Crippen molar-refractivity contribution in [2.24, 2.45) is 0 Å². The van der Waals surface area contributed by atoms with Crippen molar-refractivity contribution in [1.82, 2.24) is 0 Å². The molecule has 0 radical (unpaired) electrons. The van der Waals surface area contributed by atoms with Crippen LogP contribution in [0.2, 0.25) is 0 Å². The Balaban J connectivity index is 2.06. The number of ether oxygens (including phenoxy) is 3. The smallest absolute Gasteiger partial charge is 0.262 e. The average Bonchev–Trinajstić information content (AvgIpc) is 2.84. The SMILES string of the molecule is COc1cc(OC)c(C(=O)N2CC[C@@H](C)Sc3ccccc32)cc1OC. The number of nitrogens with zero attached hydrogens (tertiary/aromatic N) is 1. The molecule has 0 spiro atoms. The first-order chi connectivity index (χ1) is 12.6. The Labute approximate surface area is 158 Å². The molecule has 5 nitrogen and oxygen atoms in total. The number of hydrogen-bond acceptors (Lipinski definition) is 5. The van der Waals surface area contributed by atoms with Gasteiger partial charge >= 0.3 is 0 Å². The number of hydrogen-bond donors (Lipinski definition) is 0. The van der Waals surface area contributed by atoms with Crippen LogP contribution in [0.4, 0.5) is 5.69 Å². The van der Waals surface area contributed by atoms with Crippen LogP contribution in [0.1, 0.15) is 23.7 Å². The van der Waals surface area contributed by atoms with Crippen LogP contribution in [0.3, 0.4) is 0 Å². The molecule has 0 fully saturated rings. The highest BCUT2D eigenvalue weighted by molar-refractivity contribution is 8.00. The zero-order valence-electron chi connectivity index (χ0n) is 15.4. The first-order valence-corrected chi connectivity index (χ1v) is 9.34. The molecule has 0 N–H and O–H groups in total. The molecule has 0 unspecified atom stereocenters. The van der Waals surface area contributed by atoms with Crippen molar-refractivity contribution >= 4 is 23.4 Å². The second-order valence-corrected chi connectivity index (χ2v) is 7.53. The highest BCUT2D eigenvalue weighted by Gasteiger charge is 2.28. The Kier molecular flexibility index (Phi) is 5.61. The number of para-hydroxylation sites is 1. The average molecular weight is 373 g/mol. The Morgan fingerprint density at radius 2 is 1.69 bits per heavy atom. The molecule has 0 saturated heterocycles. The Morgan fingerprint density at radius 3 is 2.38 bits per heavy atom. The topological polar surface area (TPSA) is 48.0 Å². The molecule has 0 bridgehead atoms. The van der Waals surface area contributed by atoms with Gasteiger partial charge in [0.25, 0.3) is 5.91 Å². The van der Waals surface area contributed by atoms with Gasteiger partial charge in [-0.15, -0.1) is 11.8 Å². The van der Waals surface area contributed by atoms with E-state index < -0.39 is 0 Å². The molecule has 1 aliphatic heterocycles. The van der Waals surface area contributed by atoms with E-state index in [1.807, 2.05) is 23.1 Å². The Hall–Kier alpha value is -2.34. The van der Waals surface area contributed by atoms with Crippen LogP contribution in [0.25, 0.3) is 0 Å². The molecule has 1 heterocycles. The molecule has 26 heavy (non-hydrogen) atoms. The maximum Gasteiger partial charge on any atom is 0.262 e. The molecule has 0 saturated carbocycles. The molecule has 6 heteroatoms. The van der Waals surface area contributed by atoms with E-state index in [9.17, 15) is 4.79 Å². The van der Waals surface area contributed by atoms with Crippen LogP contribution in [0, 0.1) is 0 Å². The number of thioether (sulfide) groups is 1. The summed E-state index contributed by atoms with van der Waals surface area (Å²) < 4.78 is 16.1. The zero-order valence-corrected chi connectivity index (χ0v) is 16.3. The molecule has 0 aromatic heterocycles. The fourth-order valence-electron chi connectivity index (χ4n) is 3.04. The third kappa shape index (κ3) is 3.46. The fraction of sp³-hybridized carbons (Fsp3) is 0.350. The molecule has 0 aliphatic carbocycles. The van der Waals surface area contributed by atoms with Crippen LogP contribution in [-0.4, -0.2) is 39.0 Å². The molecule has 3 rings (SSSR count). The van der Waals surface area contributed by atoms with E-state index in [-0.39, 0.29) is 5.91 Å². The molecule has 138 valence electrons. The number of benzene rings is 2. The van der Waals surface area contributed by atoms with Crippen molar-refractivity contribution in [2.45, 2.75) is 23.5 Å². The van der Waals surface area contributed by atoms with E-state index in [1.54, 1.807) is 45.2 Å². The van der Waals surface area contributed by atoms with E-state index in [4.69, 9.17) is 14.2 Å². The maximum atomic E-state index is 13.4. The minimum atomic E-state index is -0.107. The van der Waals surface area contributed by atoms with Crippen LogP contribution in [0.5, 0.6) is 17.2 Å². The number of fused-ring (bicyclic) bond motifs is 1. The molecule has 1 atom stereocenters. The molecule has 1 aliphatic rings. The van der Waals surface area contributed by atoms with Gasteiger partial charge in [-0.1, -0.05) is 19.1 Å². The van der Waals surface area contributed by atoms with E-state index in [2.05, 4.69) is 13.0 Å². The van der Waals surface area contributed by atoms with Crippen molar-refractivity contribution < 1.29 is 19.0 Å². The highest BCUT2D eigenvalue weighted by atomic mass is 32.2. The van der Waals surface area contributed by atoms with Crippen LogP contribution in [0.15, 0.2) is 41.3 Å².